The summed E-state index contributed by atoms with van der Waals surface area (Å²) in [5.41, 5.74) is 6.83. The maximum Gasteiger partial charge on any atom is 0.0213 e. The Morgan fingerprint density at radius 2 is 1.50 bits per heavy atom. The van der Waals surface area contributed by atoms with Gasteiger partial charge in [-0.1, -0.05) is 48.0 Å². The van der Waals surface area contributed by atoms with E-state index in [2.05, 4.69) is 68.6 Å². The fraction of sp³-hybridized carbons (Fsp3) is 0.294. The van der Waals surface area contributed by atoms with Gasteiger partial charge in [-0.05, 0) is 43.0 Å². The molecule has 0 aromatic heterocycles. The molecule has 0 heterocycles. The quantitative estimate of drug-likeness (QED) is 0.853. The third-order valence-electron chi connectivity index (χ3n) is 3.36. The van der Waals surface area contributed by atoms with Crippen LogP contribution in [0, 0.1) is 20.8 Å². The Morgan fingerprint density at radius 1 is 0.833 bits per heavy atom. The van der Waals surface area contributed by atoms with Crippen LogP contribution in [-0.2, 0) is 13.1 Å². The molecular weight excluding hydrogens is 218 g/mol. The van der Waals surface area contributed by atoms with E-state index < -0.39 is 0 Å². The minimum Gasteiger partial charge on any atom is -0.309 e. The third kappa shape index (κ3) is 3.21. The molecule has 0 aliphatic heterocycles. The standard InChI is InChI=1S/C17H21N/c1-13-6-4-9-16(10-13)11-18-12-17-14(2)7-5-8-15(17)3/h4-10,18H,11-12H2,1-3H3. The van der Waals surface area contributed by atoms with Crippen LogP contribution in [0.4, 0.5) is 0 Å². The highest BCUT2D eigenvalue weighted by atomic mass is 14.8. The number of rotatable bonds is 4. The lowest BCUT2D eigenvalue weighted by Gasteiger charge is -2.11. The molecule has 0 bridgehead atoms. The Kier molecular flexibility index (Phi) is 4.16. The highest BCUT2D eigenvalue weighted by molar-refractivity contribution is 5.33. The second-order valence-electron chi connectivity index (χ2n) is 4.96. The van der Waals surface area contributed by atoms with E-state index in [0.717, 1.165) is 13.1 Å². The second kappa shape index (κ2) is 5.83. The van der Waals surface area contributed by atoms with Gasteiger partial charge < -0.3 is 5.32 Å². The molecule has 0 saturated carbocycles. The summed E-state index contributed by atoms with van der Waals surface area (Å²) in [5, 5.41) is 3.53. The topological polar surface area (TPSA) is 12.0 Å². The number of benzene rings is 2. The Balaban J connectivity index is 1.97. The summed E-state index contributed by atoms with van der Waals surface area (Å²) in [5.74, 6) is 0. The van der Waals surface area contributed by atoms with E-state index in [4.69, 9.17) is 0 Å². The Hall–Kier alpha value is -1.60. The number of hydrogen-bond acceptors (Lipinski definition) is 1. The molecule has 0 amide bonds. The average molecular weight is 239 g/mol. The fourth-order valence-corrected chi connectivity index (χ4v) is 2.28. The van der Waals surface area contributed by atoms with Gasteiger partial charge in [-0.3, -0.25) is 0 Å². The van der Waals surface area contributed by atoms with E-state index in [1.807, 2.05) is 0 Å². The van der Waals surface area contributed by atoms with Crippen LogP contribution >= 0.6 is 0 Å². The van der Waals surface area contributed by atoms with Crippen LogP contribution < -0.4 is 5.32 Å². The van der Waals surface area contributed by atoms with Gasteiger partial charge in [0.1, 0.15) is 0 Å². The Morgan fingerprint density at radius 3 is 2.17 bits per heavy atom. The summed E-state index contributed by atoms with van der Waals surface area (Å²) in [6.07, 6.45) is 0. The monoisotopic (exact) mass is 239 g/mol. The molecule has 2 aromatic carbocycles. The summed E-state index contributed by atoms with van der Waals surface area (Å²) >= 11 is 0. The van der Waals surface area contributed by atoms with Crippen molar-refractivity contribution in [3.8, 4) is 0 Å². The predicted molar refractivity (Wildman–Crippen MR) is 77.6 cm³/mol. The minimum absolute atomic E-state index is 0.926. The van der Waals surface area contributed by atoms with Crippen molar-refractivity contribution in [3.63, 3.8) is 0 Å². The van der Waals surface area contributed by atoms with E-state index in [1.54, 1.807) is 0 Å². The summed E-state index contributed by atoms with van der Waals surface area (Å²) in [6, 6.07) is 15.1. The first-order chi connectivity index (χ1) is 8.66. The van der Waals surface area contributed by atoms with E-state index in [-0.39, 0.29) is 0 Å². The zero-order chi connectivity index (χ0) is 13.0. The number of aryl methyl sites for hydroxylation is 3. The molecule has 94 valence electrons. The highest BCUT2D eigenvalue weighted by Gasteiger charge is 2.01. The highest BCUT2D eigenvalue weighted by Crippen LogP contribution is 2.13. The van der Waals surface area contributed by atoms with Gasteiger partial charge in [-0.2, -0.15) is 0 Å². The first-order valence-electron chi connectivity index (χ1n) is 6.48. The smallest absolute Gasteiger partial charge is 0.0213 e. The van der Waals surface area contributed by atoms with E-state index in [0.29, 0.717) is 0 Å². The van der Waals surface area contributed by atoms with Crippen molar-refractivity contribution < 1.29 is 0 Å². The van der Waals surface area contributed by atoms with Crippen LogP contribution in [0.2, 0.25) is 0 Å². The summed E-state index contributed by atoms with van der Waals surface area (Å²) in [7, 11) is 0. The molecule has 0 spiro atoms. The maximum absolute atomic E-state index is 3.53. The summed E-state index contributed by atoms with van der Waals surface area (Å²) < 4.78 is 0. The molecule has 0 saturated heterocycles. The van der Waals surface area contributed by atoms with Gasteiger partial charge in [0.05, 0.1) is 0 Å². The lowest BCUT2D eigenvalue weighted by atomic mass is 10.0. The van der Waals surface area contributed by atoms with Gasteiger partial charge in [0, 0.05) is 13.1 Å². The molecule has 0 atom stereocenters. The molecule has 0 radical (unpaired) electrons. The molecule has 0 aliphatic carbocycles. The van der Waals surface area contributed by atoms with Crippen molar-refractivity contribution in [1.82, 2.24) is 5.32 Å². The Bertz CT molecular complexity index is 509. The van der Waals surface area contributed by atoms with Crippen LogP contribution in [0.25, 0.3) is 0 Å². The van der Waals surface area contributed by atoms with Gasteiger partial charge >= 0.3 is 0 Å². The summed E-state index contributed by atoms with van der Waals surface area (Å²) in [6.45, 7) is 8.35. The van der Waals surface area contributed by atoms with Crippen LogP contribution in [0.3, 0.4) is 0 Å². The van der Waals surface area contributed by atoms with Crippen LogP contribution in [0.15, 0.2) is 42.5 Å². The SMILES string of the molecule is Cc1cccc(CNCc2c(C)cccc2C)c1. The van der Waals surface area contributed by atoms with E-state index in [1.165, 1.54) is 27.8 Å². The molecule has 1 nitrogen and oxygen atoms in total. The predicted octanol–water partition coefficient (Wildman–Crippen LogP) is 3.90. The molecule has 2 rings (SSSR count). The van der Waals surface area contributed by atoms with Gasteiger partial charge in [0.25, 0.3) is 0 Å². The molecule has 0 aliphatic rings. The van der Waals surface area contributed by atoms with Crippen LogP contribution in [0.5, 0.6) is 0 Å². The van der Waals surface area contributed by atoms with Gasteiger partial charge in [-0.25, -0.2) is 0 Å². The van der Waals surface area contributed by atoms with Crippen molar-refractivity contribution in [3.05, 3.63) is 70.3 Å². The van der Waals surface area contributed by atoms with Crippen molar-refractivity contribution in [2.24, 2.45) is 0 Å². The van der Waals surface area contributed by atoms with Gasteiger partial charge in [0.2, 0.25) is 0 Å². The molecule has 2 aromatic rings. The van der Waals surface area contributed by atoms with Crippen LogP contribution in [0.1, 0.15) is 27.8 Å². The van der Waals surface area contributed by atoms with Crippen molar-refractivity contribution in [1.29, 1.82) is 0 Å². The van der Waals surface area contributed by atoms with Crippen molar-refractivity contribution in [2.45, 2.75) is 33.9 Å². The molecule has 1 N–H and O–H groups in total. The molecular formula is C17H21N. The average Bonchev–Trinajstić information content (AvgIpc) is 2.33. The van der Waals surface area contributed by atoms with Gasteiger partial charge in [0.15, 0.2) is 0 Å². The van der Waals surface area contributed by atoms with Crippen LogP contribution in [-0.4, -0.2) is 0 Å². The first-order valence-corrected chi connectivity index (χ1v) is 6.48. The zero-order valence-corrected chi connectivity index (χ0v) is 11.5. The van der Waals surface area contributed by atoms with E-state index >= 15 is 0 Å². The fourth-order valence-electron chi connectivity index (χ4n) is 2.28. The largest absolute Gasteiger partial charge is 0.309 e. The molecule has 0 fully saturated rings. The maximum atomic E-state index is 3.53. The van der Waals surface area contributed by atoms with E-state index in [9.17, 15) is 0 Å². The third-order valence-corrected chi connectivity index (χ3v) is 3.36. The lowest BCUT2D eigenvalue weighted by molar-refractivity contribution is 0.687. The zero-order valence-electron chi connectivity index (χ0n) is 11.5. The molecule has 1 heteroatoms. The molecule has 0 unspecified atom stereocenters. The summed E-state index contributed by atoms with van der Waals surface area (Å²) in [4.78, 5) is 0. The normalized spacial score (nSPS) is 10.6. The second-order valence-corrected chi connectivity index (χ2v) is 4.96. The van der Waals surface area contributed by atoms with Gasteiger partial charge in [-0.15, -0.1) is 0 Å². The number of hydrogen-bond donors (Lipinski definition) is 1. The first kappa shape index (κ1) is 12.8. The molecule has 18 heavy (non-hydrogen) atoms. The van der Waals surface area contributed by atoms with Crippen molar-refractivity contribution in [2.75, 3.05) is 0 Å². The lowest BCUT2D eigenvalue weighted by Crippen LogP contribution is -2.14. The Labute approximate surface area is 110 Å². The van der Waals surface area contributed by atoms with Crippen molar-refractivity contribution >= 4 is 0 Å². The minimum atomic E-state index is 0.926. The number of nitrogens with one attached hydrogen (secondary N) is 1.